The van der Waals surface area contributed by atoms with Crippen LogP contribution in [0.3, 0.4) is 0 Å². The second-order valence-corrected chi connectivity index (χ2v) is 6.91. The van der Waals surface area contributed by atoms with Gasteiger partial charge in [0.2, 0.25) is 0 Å². The quantitative estimate of drug-likeness (QED) is 0.672. The van der Waals surface area contributed by atoms with E-state index in [2.05, 4.69) is 26.3 Å². The molecule has 0 amide bonds. The van der Waals surface area contributed by atoms with Crippen LogP contribution in [-0.2, 0) is 12.7 Å². The Hall–Kier alpha value is -3.19. The van der Waals surface area contributed by atoms with Gasteiger partial charge in [0.05, 0.1) is 11.6 Å². The van der Waals surface area contributed by atoms with Gasteiger partial charge < -0.3 is 4.90 Å². The second-order valence-electron chi connectivity index (χ2n) is 6.91. The molecule has 0 N–H and O–H groups in total. The maximum absolute atomic E-state index is 13.1. The average molecular weight is 401 g/mol. The van der Waals surface area contributed by atoms with E-state index in [-0.39, 0.29) is 5.65 Å². The molecule has 3 heterocycles. The van der Waals surface area contributed by atoms with E-state index in [1.54, 1.807) is 12.1 Å². The molecule has 10 heteroatoms. The van der Waals surface area contributed by atoms with Crippen LogP contribution in [0.2, 0.25) is 0 Å². The first kappa shape index (κ1) is 19.1. The van der Waals surface area contributed by atoms with Gasteiger partial charge in [-0.15, -0.1) is 15.3 Å². The summed E-state index contributed by atoms with van der Waals surface area (Å²) in [6.07, 6.45) is -3.76. The third-order valence-electron chi connectivity index (χ3n) is 4.88. The first-order valence-corrected chi connectivity index (χ1v) is 9.20. The van der Waals surface area contributed by atoms with E-state index < -0.39 is 12.0 Å². The second kappa shape index (κ2) is 7.67. The Bertz CT molecular complexity index is 1050. The fourth-order valence-corrected chi connectivity index (χ4v) is 3.48. The molecule has 0 radical (unpaired) electrons. The third kappa shape index (κ3) is 4.14. The minimum Gasteiger partial charge on any atom is -0.354 e. The summed E-state index contributed by atoms with van der Waals surface area (Å²) in [6, 6.07) is 12.8. The monoisotopic (exact) mass is 401 g/mol. The van der Waals surface area contributed by atoms with Crippen molar-refractivity contribution in [1.29, 1.82) is 5.26 Å². The molecule has 0 bridgehead atoms. The molecule has 1 fully saturated rings. The zero-order chi connectivity index (χ0) is 20.4. The molecule has 0 aliphatic carbocycles. The van der Waals surface area contributed by atoms with Gasteiger partial charge in [-0.05, 0) is 36.2 Å². The van der Waals surface area contributed by atoms with Crippen LogP contribution in [0.5, 0.6) is 0 Å². The van der Waals surface area contributed by atoms with Crippen molar-refractivity contribution in [3.63, 3.8) is 0 Å². The van der Waals surface area contributed by atoms with Crippen LogP contribution in [0.1, 0.15) is 23.4 Å². The van der Waals surface area contributed by atoms with Gasteiger partial charge in [-0.25, -0.2) is 0 Å². The number of nitriles is 1. The molecule has 7 nitrogen and oxygen atoms in total. The molecular weight excluding hydrogens is 383 g/mol. The Balaban J connectivity index is 1.49. The van der Waals surface area contributed by atoms with E-state index >= 15 is 0 Å². The molecule has 150 valence electrons. The zero-order valence-corrected chi connectivity index (χ0v) is 15.5. The van der Waals surface area contributed by atoms with Gasteiger partial charge in [-0.2, -0.15) is 22.9 Å². The topological polar surface area (TPSA) is 73.4 Å². The van der Waals surface area contributed by atoms with Crippen LogP contribution in [-0.4, -0.2) is 50.9 Å². The number of alkyl halides is 3. The predicted molar refractivity (Wildman–Crippen MR) is 99.0 cm³/mol. The van der Waals surface area contributed by atoms with Crippen molar-refractivity contribution in [3.05, 3.63) is 53.3 Å². The third-order valence-corrected chi connectivity index (χ3v) is 4.88. The van der Waals surface area contributed by atoms with Crippen molar-refractivity contribution in [1.82, 2.24) is 24.7 Å². The number of anilines is 1. The van der Waals surface area contributed by atoms with Crippen molar-refractivity contribution in [2.75, 3.05) is 31.1 Å². The molecule has 0 saturated carbocycles. The van der Waals surface area contributed by atoms with Crippen LogP contribution >= 0.6 is 0 Å². The maximum Gasteiger partial charge on any atom is 0.453 e. The lowest BCUT2D eigenvalue weighted by Crippen LogP contribution is -2.31. The number of fused-ring (bicyclic) bond motifs is 1. The first-order valence-electron chi connectivity index (χ1n) is 9.20. The molecule has 2 aromatic heterocycles. The largest absolute Gasteiger partial charge is 0.453 e. The number of hydrogen-bond donors (Lipinski definition) is 0. The molecule has 1 saturated heterocycles. The van der Waals surface area contributed by atoms with Gasteiger partial charge in [-0.1, -0.05) is 12.1 Å². The van der Waals surface area contributed by atoms with E-state index in [9.17, 15) is 13.2 Å². The number of rotatable bonds is 3. The van der Waals surface area contributed by atoms with Gasteiger partial charge in [0, 0.05) is 32.7 Å². The number of hydrogen-bond acceptors (Lipinski definition) is 6. The van der Waals surface area contributed by atoms with Crippen molar-refractivity contribution < 1.29 is 13.2 Å². The Labute approximate surface area is 165 Å². The summed E-state index contributed by atoms with van der Waals surface area (Å²) in [5, 5.41) is 20.0. The van der Waals surface area contributed by atoms with Crippen molar-refractivity contribution in [3.8, 4) is 6.07 Å². The number of aromatic nitrogens is 4. The highest BCUT2D eigenvalue weighted by Crippen LogP contribution is 2.28. The smallest absolute Gasteiger partial charge is 0.354 e. The lowest BCUT2D eigenvalue weighted by atomic mass is 10.1. The van der Waals surface area contributed by atoms with E-state index in [0.717, 1.165) is 36.1 Å². The van der Waals surface area contributed by atoms with Gasteiger partial charge in [0.15, 0.2) is 5.65 Å². The number of nitrogens with zero attached hydrogens (tertiary/aromatic N) is 7. The van der Waals surface area contributed by atoms with E-state index in [1.807, 2.05) is 23.1 Å². The lowest BCUT2D eigenvalue weighted by molar-refractivity contribution is -0.146. The van der Waals surface area contributed by atoms with E-state index in [1.165, 1.54) is 6.07 Å². The molecule has 1 aliphatic heterocycles. The molecule has 3 aromatic rings. The van der Waals surface area contributed by atoms with Crippen LogP contribution in [0.25, 0.3) is 5.65 Å². The van der Waals surface area contributed by atoms with Gasteiger partial charge in [-0.3, -0.25) is 4.90 Å². The van der Waals surface area contributed by atoms with Crippen LogP contribution in [0.4, 0.5) is 19.0 Å². The number of benzene rings is 1. The van der Waals surface area contributed by atoms with Crippen LogP contribution in [0, 0.1) is 11.3 Å². The Kier molecular flexibility index (Phi) is 5.07. The highest BCUT2D eigenvalue weighted by Gasteiger charge is 2.37. The molecule has 4 rings (SSSR count). The summed E-state index contributed by atoms with van der Waals surface area (Å²) in [6.45, 7) is 3.65. The normalized spacial score (nSPS) is 16.0. The first-order chi connectivity index (χ1) is 13.9. The molecule has 1 aliphatic rings. The summed E-state index contributed by atoms with van der Waals surface area (Å²) >= 11 is 0. The molecule has 0 atom stereocenters. The van der Waals surface area contributed by atoms with E-state index in [4.69, 9.17) is 5.26 Å². The highest BCUT2D eigenvalue weighted by atomic mass is 19.4. The van der Waals surface area contributed by atoms with Crippen LogP contribution in [0.15, 0.2) is 36.4 Å². The Morgan fingerprint density at radius 1 is 1.03 bits per heavy atom. The summed E-state index contributed by atoms with van der Waals surface area (Å²) in [5.41, 5.74) is 1.76. The van der Waals surface area contributed by atoms with E-state index in [0.29, 0.717) is 24.5 Å². The fraction of sp³-hybridized carbons (Fsp3) is 0.368. The van der Waals surface area contributed by atoms with Gasteiger partial charge in [0.1, 0.15) is 5.82 Å². The molecule has 29 heavy (non-hydrogen) atoms. The fourth-order valence-electron chi connectivity index (χ4n) is 3.48. The SMILES string of the molecule is N#Cc1cccc(CN2CCCN(c3ccc4nnc(C(F)(F)F)n4n3)CC2)c1. The summed E-state index contributed by atoms with van der Waals surface area (Å²) in [7, 11) is 0. The minimum absolute atomic E-state index is 0.0647. The number of halogens is 3. The zero-order valence-electron chi connectivity index (χ0n) is 15.5. The maximum atomic E-state index is 13.1. The van der Waals surface area contributed by atoms with Gasteiger partial charge in [0.25, 0.3) is 5.82 Å². The summed E-state index contributed by atoms with van der Waals surface area (Å²) < 4.78 is 40.1. The minimum atomic E-state index is -4.61. The summed E-state index contributed by atoms with van der Waals surface area (Å²) in [4.78, 5) is 4.25. The van der Waals surface area contributed by atoms with Crippen molar-refractivity contribution >= 4 is 11.5 Å². The van der Waals surface area contributed by atoms with Crippen molar-refractivity contribution in [2.45, 2.75) is 19.1 Å². The highest BCUT2D eigenvalue weighted by molar-refractivity contribution is 5.46. The standard InChI is InChI=1S/C19H18F3N7/c20-19(21,22)18-25-24-16-5-6-17(26-29(16)18)28-8-2-7-27(9-10-28)13-15-4-1-3-14(11-15)12-23/h1,3-6,11H,2,7-10,13H2. The predicted octanol–water partition coefficient (Wildman–Crippen LogP) is 2.73. The van der Waals surface area contributed by atoms with Crippen molar-refractivity contribution in [2.24, 2.45) is 0 Å². The molecule has 0 spiro atoms. The Morgan fingerprint density at radius 3 is 2.69 bits per heavy atom. The van der Waals surface area contributed by atoms with Crippen LogP contribution < -0.4 is 4.90 Å². The summed E-state index contributed by atoms with van der Waals surface area (Å²) in [5.74, 6) is -0.653. The van der Waals surface area contributed by atoms with Gasteiger partial charge >= 0.3 is 6.18 Å². The Morgan fingerprint density at radius 2 is 1.90 bits per heavy atom. The lowest BCUT2D eigenvalue weighted by Gasteiger charge is -2.22. The average Bonchev–Trinajstić information content (AvgIpc) is 3.01. The molecule has 0 unspecified atom stereocenters. The molecular formula is C19H18F3N7. The molecule has 1 aromatic carbocycles.